The van der Waals surface area contributed by atoms with Crippen molar-refractivity contribution in [3.05, 3.63) is 64.8 Å². The molecule has 3 heterocycles. The standard InChI is InChI=1S/C31H35F3N8O2/c1-4-41-11-13-42(14-12-41)18-20-6-5-19(15-24(20)31(32,33)34)28(43)36-22-9-10-25-23(16-22)29(44)40(3)26-17-35-30(37-21-7-8-21)38-27(26)39(25)2/h5-6,9-10,15-17,21H,4,7-8,11-14,18H2,1-3H3,(H,36,43)(H,35,37,38). The van der Waals surface area contributed by atoms with Crippen molar-refractivity contribution in [2.75, 3.05) is 67.3 Å². The van der Waals surface area contributed by atoms with Crippen LogP contribution in [0, 0.1) is 0 Å². The summed E-state index contributed by atoms with van der Waals surface area (Å²) in [7, 11) is 3.41. The number of anilines is 5. The van der Waals surface area contributed by atoms with Crippen molar-refractivity contribution in [1.82, 2.24) is 19.8 Å². The van der Waals surface area contributed by atoms with Crippen LogP contribution in [0.4, 0.5) is 42.0 Å². The quantitative estimate of drug-likeness (QED) is 0.395. The number of rotatable bonds is 7. The molecule has 2 aromatic carbocycles. The molecule has 3 aliphatic rings. The number of piperazine rings is 1. The number of aromatic nitrogens is 2. The summed E-state index contributed by atoms with van der Waals surface area (Å²) in [5.41, 5.74) is 0.869. The van der Waals surface area contributed by atoms with Gasteiger partial charge >= 0.3 is 6.18 Å². The second kappa shape index (κ2) is 11.7. The molecule has 1 saturated heterocycles. The number of benzene rings is 2. The van der Waals surface area contributed by atoms with E-state index in [1.165, 1.54) is 23.1 Å². The fraction of sp³-hybridized carbons (Fsp3) is 0.419. The highest BCUT2D eigenvalue weighted by Crippen LogP contribution is 2.39. The van der Waals surface area contributed by atoms with Crippen molar-refractivity contribution in [3.8, 4) is 0 Å². The van der Waals surface area contributed by atoms with E-state index in [2.05, 4.69) is 32.4 Å². The van der Waals surface area contributed by atoms with Gasteiger partial charge in [0, 0.05) is 64.1 Å². The number of nitrogens with zero attached hydrogens (tertiary/aromatic N) is 6. The minimum Gasteiger partial charge on any atom is -0.351 e. The second-order valence-corrected chi connectivity index (χ2v) is 11.5. The van der Waals surface area contributed by atoms with Crippen LogP contribution in [-0.2, 0) is 12.7 Å². The zero-order valence-corrected chi connectivity index (χ0v) is 24.9. The number of nitrogens with one attached hydrogen (secondary N) is 2. The average Bonchev–Trinajstić information content (AvgIpc) is 3.84. The van der Waals surface area contributed by atoms with Crippen molar-refractivity contribution >= 4 is 40.6 Å². The first-order valence-corrected chi connectivity index (χ1v) is 14.8. The van der Waals surface area contributed by atoms with Gasteiger partial charge in [-0.25, -0.2) is 4.98 Å². The number of carbonyl (C=O) groups is 2. The van der Waals surface area contributed by atoms with E-state index >= 15 is 0 Å². The van der Waals surface area contributed by atoms with Crippen LogP contribution < -0.4 is 20.4 Å². The molecule has 13 heteroatoms. The Kier molecular flexibility index (Phi) is 7.93. The molecule has 232 valence electrons. The molecule has 2 fully saturated rings. The molecule has 44 heavy (non-hydrogen) atoms. The van der Waals surface area contributed by atoms with Crippen molar-refractivity contribution < 1.29 is 22.8 Å². The van der Waals surface area contributed by atoms with E-state index in [9.17, 15) is 22.8 Å². The molecule has 0 radical (unpaired) electrons. The summed E-state index contributed by atoms with van der Waals surface area (Å²) < 4.78 is 42.4. The highest BCUT2D eigenvalue weighted by Gasteiger charge is 2.35. The second-order valence-electron chi connectivity index (χ2n) is 11.5. The van der Waals surface area contributed by atoms with Crippen LogP contribution in [0.2, 0.25) is 0 Å². The minimum atomic E-state index is -4.62. The molecule has 6 rings (SSSR count). The zero-order chi connectivity index (χ0) is 31.2. The summed E-state index contributed by atoms with van der Waals surface area (Å²) in [5, 5.41) is 5.95. The van der Waals surface area contributed by atoms with Gasteiger partial charge in [0.25, 0.3) is 11.8 Å². The van der Waals surface area contributed by atoms with Gasteiger partial charge in [-0.05, 0) is 55.3 Å². The van der Waals surface area contributed by atoms with E-state index in [-0.39, 0.29) is 29.3 Å². The van der Waals surface area contributed by atoms with Gasteiger partial charge in [-0.2, -0.15) is 18.2 Å². The molecule has 1 saturated carbocycles. The van der Waals surface area contributed by atoms with Gasteiger partial charge in [0.1, 0.15) is 5.69 Å². The van der Waals surface area contributed by atoms with Crippen LogP contribution in [0.1, 0.15) is 51.6 Å². The Balaban J connectivity index is 1.22. The Morgan fingerprint density at radius 3 is 2.39 bits per heavy atom. The molecule has 10 nitrogen and oxygen atoms in total. The van der Waals surface area contributed by atoms with E-state index in [0.29, 0.717) is 47.8 Å². The number of hydrogen-bond donors (Lipinski definition) is 2. The largest absolute Gasteiger partial charge is 0.416 e. The number of likely N-dealkylation sites (N-methyl/N-ethyl adjacent to an activating group) is 1. The number of alkyl halides is 3. The maximum Gasteiger partial charge on any atom is 0.416 e. The summed E-state index contributed by atoms with van der Waals surface area (Å²) in [5.74, 6) is -0.0147. The molecular formula is C31H35F3N8O2. The number of fused-ring (bicyclic) bond motifs is 2. The predicted molar refractivity (Wildman–Crippen MR) is 163 cm³/mol. The molecule has 0 spiro atoms. The molecule has 0 bridgehead atoms. The van der Waals surface area contributed by atoms with Gasteiger partial charge in [-0.15, -0.1) is 0 Å². The molecule has 3 aromatic rings. The summed E-state index contributed by atoms with van der Waals surface area (Å²) in [4.78, 5) is 43.2. The summed E-state index contributed by atoms with van der Waals surface area (Å²) in [6.45, 7) is 6.14. The first kappa shape index (κ1) is 29.8. The van der Waals surface area contributed by atoms with Gasteiger partial charge in [0.2, 0.25) is 5.95 Å². The number of carbonyl (C=O) groups excluding carboxylic acids is 2. The molecule has 2 amide bonds. The highest BCUT2D eigenvalue weighted by molar-refractivity contribution is 6.14. The SMILES string of the molecule is CCN1CCN(Cc2ccc(C(=O)Nc3ccc4c(c3)C(=O)N(C)c3cnc(NC5CC5)nc3N4C)cc2C(F)(F)F)CC1. The highest BCUT2D eigenvalue weighted by atomic mass is 19.4. The number of amides is 2. The molecule has 2 aliphatic heterocycles. The van der Waals surface area contributed by atoms with E-state index < -0.39 is 17.6 Å². The third-order valence-corrected chi connectivity index (χ3v) is 8.47. The fourth-order valence-electron chi connectivity index (χ4n) is 5.64. The van der Waals surface area contributed by atoms with Gasteiger partial charge < -0.3 is 25.3 Å². The molecule has 2 N–H and O–H groups in total. The van der Waals surface area contributed by atoms with Gasteiger partial charge in [-0.3, -0.25) is 14.5 Å². The van der Waals surface area contributed by atoms with Crippen molar-refractivity contribution in [1.29, 1.82) is 0 Å². The van der Waals surface area contributed by atoms with Crippen molar-refractivity contribution in [3.63, 3.8) is 0 Å². The Hall–Kier alpha value is -4.23. The van der Waals surface area contributed by atoms with Crippen LogP contribution in [0.5, 0.6) is 0 Å². The van der Waals surface area contributed by atoms with E-state index in [1.54, 1.807) is 37.3 Å². The Morgan fingerprint density at radius 2 is 1.70 bits per heavy atom. The maximum atomic E-state index is 14.1. The number of hydrogen-bond acceptors (Lipinski definition) is 8. The average molecular weight is 609 g/mol. The lowest BCUT2D eigenvalue weighted by Crippen LogP contribution is -2.45. The minimum absolute atomic E-state index is 0.120. The van der Waals surface area contributed by atoms with Crippen LogP contribution in [0.25, 0.3) is 0 Å². The zero-order valence-electron chi connectivity index (χ0n) is 24.9. The first-order chi connectivity index (χ1) is 21.0. The van der Waals surface area contributed by atoms with Crippen molar-refractivity contribution in [2.24, 2.45) is 0 Å². The van der Waals surface area contributed by atoms with E-state index in [0.717, 1.165) is 38.5 Å². The van der Waals surface area contributed by atoms with Crippen LogP contribution in [0.15, 0.2) is 42.6 Å². The van der Waals surface area contributed by atoms with E-state index in [1.807, 2.05) is 4.90 Å². The monoisotopic (exact) mass is 608 g/mol. The van der Waals surface area contributed by atoms with Crippen LogP contribution >= 0.6 is 0 Å². The maximum absolute atomic E-state index is 14.1. The smallest absolute Gasteiger partial charge is 0.351 e. The van der Waals surface area contributed by atoms with Crippen molar-refractivity contribution in [2.45, 2.75) is 38.5 Å². The van der Waals surface area contributed by atoms with Gasteiger partial charge in [-0.1, -0.05) is 13.0 Å². The van der Waals surface area contributed by atoms with Crippen LogP contribution in [0.3, 0.4) is 0 Å². The fourth-order valence-corrected chi connectivity index (χ4v) is 5.64. The van der Waals surface area contributed by atoms with Crippen LogP contribution in [-0.4, -0.2) is 84.4 Å². The predicted octanol–water partition coefficient (Wildman–Crippen LogP) is 4.82. The molecular weight excluding hydrogens is 573 g/mol. The Morgan fingerprint density at radius 1 is 0.977 bits per heavy atom. The van der Waals surface area contributed by atoms with Gasteiger partial charge in [0.05, 0.1) is 23.0 Å². The lowest BCUT2D eigenvalue weighted by molar-refractivity contribution is -0.138. The summed E-state index contributed by atoms with van der Waals surface area (Å²) in [6, 6.07) is 8.90. The third-order valence-electron chi connectivity index (χ3n) is 8.47. The lowest BCUT2D eigenvalue weighted by Gasteiger charge is -2.34. The lowest BCUT2D eigenvalue weighted by atomic mass is 10.0. The molecule has 0 atom stereocenters. The third kappa shape index (κ3) is 6.06. The molecule has 0 unspecified atom stereocenters. The first-order valence-electron chi connectivity index (χ1n) is 14.8. The Bertz CT molecular complexity index is 1580. The normalized spacial score (nSPS) is 17.6. The summed E-state index contributed by atoms with van der Waals surface area (Å²) in [6.07, 6.45) is -0.897. The topological polar surface area (TPSA) is 96.9 Å². The molecule has 1 aliphatic carbocycles. The van der Waals surface area contributed by atoms with Gasteiger partial charge in [0.15, 0.2) is 5.82 Å². The molecule has 1 aromatic heterocycles. The summed E-state index contributed by atoms with van der Waals surface area (Å²) >= 11 is 0. The Labute approximate surface area is 253 Å². The van der Waals surface area contributed by atoms with E-state index in [4.69, 9.17) is 0 Å². The number of halogens is 3.